The van der Waals surface area contributed by atoms with E-state index in [4.69, 9.17) is 4.74 Å². The lowest BCUT2D eigenvalue weighted by molar-refractivity contribution is 0.0990. The summed E-state index contributed by atoms with van der Waals surface area (Å²) in [6, 6.07) is 15.7. The van der Waals surface area contributed by atoms with Crippen molar-refractivity contribution in [3.05, 3.63) is 77.8 Å². The average Bonchev–Trinajstić information content (AvgIpc) is 3.22. The van der Waals surface area contributed by atoms with Gasteiger partial charge in [-0.3, -0.25) is 9.78 Å². The zero-order valence-corrected chi connectivity index (χ0v) is 18.7. The number of aromatic amines is 1. The van der Waals surface area contributed by atoms with Crippen LogP contribution in [-0.2, 0) is 0 Å². The van der Waals surface area contributed by atoms with Gasteiger partial charge in [-0.05, 0) is 62.1 Å². The summed E-state index contributed by atoms with van der Waals surface area (Å²) in [5, 5.41) is 9.94. The van der Waals surface area contributed by atoms with Gasteiger partial charge < -0.3 is 19.4 Å². The lowest BCUT2D eigenvalue weighted by atomic mass is 9.93. The predicted octanol–water partition coefficient (Wildman–Crippen LogP) is 4.40. The van der Waals surface area contributed by atoms with Crippen LogP contribution in [0, 0.1) is 5.82 Å². The molecule has 0 unspecified atom stereocenters. The zero-order valence-electron chi connectivity index (χ0n) is 18.7. The molecule has 0 radical (unpaired) electrons. The van der Waals surface area contributed by atoms with Crippen molar-refractivity contribution in [3.8, 4) is 17.0 Å². The number of nitrogens with one attached hydrogen (secondary N) is 1. The van der Waals surface area contributed by atoms with Gasteiger partial charge in [0.05, 0.1) is 29.9 Å². The van der Waals surface area contributed by atoms with Crippen molar-refractivity contribution >= 4 is 16.9 Å². The number of aliphatic hydroxyl groups excluding tert-OH is 1. The van der Waals surface area contributed by atoms with Crippen molar-refractivity contribution in [1.82, 2.24) is 14.5 Å². The number of benzene rings is 2. The second-order valence-corrected chi connectivity index (χ2v) is 8.47. The van der Waals surface area contributed by atoms with Crippen LogP contribution in [0.25, 0.3) is 22.3 Å². The maximum Gasteiger partial charge on any atom is 0.280 e. The molecule has 0 saturated heterocycles. The fourth-order valence-corrected chi connectivity index (χ4v) is 4.64. The van der Waals surface area contributed by atoms with E-state index in [1.165, 1.54) is 19.4 Å². The minimum Gasteiger partial charge on any atom is -0.493 e. The number of rotatable bonds is 4. The number of fused-ring (bicyclic) bond motifs is 1. The molecule has 1 aliphatic carbocycles. The number of ether oxygens (including phenoxy) is 1. The van der Waals surface area contributed by atoms with Crippen molar-refractivity contribution in [2.45, 2.75) is 37.8 Å². The Balaban J connectivity index is 1.56. The van der Waals surface area contributed by atoms with Crippen molar-refractivity contribution in [3.63, 3.8) is 0 Å². The molecular formula is C26H25FN4O3. The third-order valence-electron chi connectivity index (χ3n) is 6.33. The second-order valence-electron chi connectivity index (χ2n) is 8.47. The first-order valence-corrected chi connectivity index (χ1v) is 11.3. The van der Waals surface area contributed by atoms with Crippen LogP contribution in [0.1, 0.15) is 42.1 Å². The molecule has 2 heterocycles. The normalized spacial score (nSPS) is 18.9. The van der Waals surface area contributed by atoms with Crippen LogP contribution in [0.2, 0.25) is 0 Å². The number of hydrogen-bond donors (Lipinski definition) is 2. The number of imidazole rings is 1. The van der Waals surface area contributed by atoms with Gasteiger partial charge in [0, 0.05) is 23.4 Å². The molecule has 7 nitrogen and oxygen atoms in total. The zero-order chi connectivity index (χ0) is 23.7. The van der Waals surface area contributed by atoms with Crippen LogP contribution in [0.4, 0.5) is 4.39 Å². The second kappa shape index (κ2) is 9.23. The number of pyridine rings is 1. The van der Waals surface area contributed by atoms with E-state index in [0.717, 1.165) is 23.9 Å². The summed E-state index contributed by atoms with van der Waals surface area (Å²) < 4.78 is 21.4. The molecule has 2 aromatic carbocycles. The number of nitrogens with zero attached hydrogens (tertiary/aromatic N) is 3. The number of para-hydroxylation sites is 3. The SMILES string of the molecule is COc1c(F)cccc1-c1cc(C(=O)/N=c2\[nH]c3ccccc3n2[C@H]2CC[C@@H](O)CC2)ccn1. The third kappa shape index (κ3) is 4.12. The molecule has 1 amide bonds. The van der Waals surface area contributed by atoms with Crippen molar-refractivity contribution in [1.29, 1.82) is 0 Å². The summed E-state index contributed by atoms with van der Waals surface area (Å²) in [5.74, 6) is -0.861. The van der Waals surface area contributed by atoms with Crippen LogP contribution in [0.5, 0.6) is 5.75 Å². The number of carbonyl (C=O) groups excluding carboxylic acids is 1. The molecule has 174 valence electrons. The number of amides is 1. The summed E-state index contributed by atoms with van der Waals surface area (Å²) in [7, 11) is 1.39. The Labute approximate surface area is 195 Å². The number of hydrogen-bond acceptors (Lipinski definition) is 4. The highest BCUT2D eigenvalue weighted by molar-refractivity contribution is 5.96. The van der Waals surface area contributed by atoms with E-state index in [9.17, 15) is 14.3 Å². The first-order chi connectivity index (χ1) is 16.5. The van der Waals surface area contributed by atoms with E-state index >= 15 is 0 Å². The highest BCUT2D eigenvalue weighted by Crippen LogP contribution is 2.32. The molecule has 1 saturated carbocycles. The average molecular weight is 461 g/mol. The summed E-state index contributed by atoms with van der Waals surface area (Å²) in [4.78, 5) is 25.2. The smallest absolute Gasteiger partial charge is 0.280 e. The quantitative estimate of drug-likeness (QED) is 0.472. The molecule has 1 aliphatic rings. The molecule has 2 N–H and O–H groups in total. The van der Waals surface area contributed by atoms with Gasteiger partial charge in [0.25, 0.3) is 5.91 Å². The van der Waals surface area contributed by atoms with Crippen molar-refractivity contribution < 1.29 is 19.0 Å². The highest BCUT2D eigenvalue weighted by atomic mass is 19.1. The summed E-state index contributed by atoms with van der Waals surface area (Å²) >= 11 is 0. The molecule has 34 heavy (non-hydrogen) atoms. The summed E-state index contributed by atoms with van der Waals surface area (Å²) in [6.07, 6.45) is 4.28. The minimum absolute atomic E-state index is 0.0736. The Kier molecular flexibility index (Phi) is 5.98. The topological polar surface area (TPSA) is 92.5 Å². The lowest BCUT2D eigenvalue weighted by Gasteiger charge is -2.27. The standard InChI is InChI=1S/C26H25FN4O3/c1-34-24-19(5-4-6-20(24)27)22-15-16(13-14-28-22)25(33)30-26-29-21-7-2-3-8-23(21)31(26)17-9-11-18(32)12-10-17/h2-8,13-15,17-18,32H,9-12H2,1H3,(H,29,30,33)/t17-,18+. The molecule has 1 fully saturated rings. The maximum absolute atomic E-state index is 14.2. The van der Waals surface area contributed by atoms with Crippen LogP contribution in [0.15, 0.2) is 65.8 Å². The lowest BCUT2D eigenvalue weighted by Crippen LogP contribution is -2.29. The van der Waals surface area contributed by atoms with E-state index in [1.54, 1.807) is 24.3 Å². The molecule has 2 aromatic heterocycles. The summed E-state index contributed by atoms with van der Waals surface area (Å²) in [6.45, 7) is 0. The highest BCUT2D eigenvalue weighted by Gasteiger charge is 2.23. The number of aromatic nitrogens is 3. The fourth-order valence-electron chi connectivity index (χ4n) is 4.64. The molecule has 0 spiro atoms. The van der Waals surface area contributed by atoms with E-state index in [1.807, 2.05) is 24.3 Å². The number of halogens is 1. The van der Waals surface area contributed by atoms with Gasteiger partial charge in [0.15, 0.2) is 11.6 Å². The Morgan fingerprint density at radius 1 is 1.15 bits per heavy atom. The molecule has 4 aromatic rings. The van der Waals surface area contributed by atoms with E-state index in [-0.39, 0.29) is 17.9 Å². The molecule has 8 heteroatoms. The van der Waals surface area contributed by atoms with Crippen molar-refractivity contribution in [2.24, 2.45) is 4.99 Å². The molecule has 0 atom stereocenters. The Bertz CT molecular complexity index is 1420. The number of aliphatic hydroxyl groups is 1. The van der Waals surface area contributed by atoms with Gasteiger partial charge in [-0.15, -0.1) is 0 Å². The fraction of sp³-hybridized carbons (Fsp3) is 0.269. The van der Waals surface area contributed by atoms with Crippen LogP contribution >= 0.6 is 0 Å². The van der Waals surface area contributed by atoms with Crippen molar-refractivity contribution in [2.75, 3.05) is 7.11 Å². The minimum atomic E-state index is -0.500. The first-order valence-electron chi connectivity index (χ1n) is 11.3. The van der Waals surface area contributed by atoms with E-state index in [0.29, 0.717) is 35.3 Å². The Morgan fingerprint density at radius 3 is 2.74 bits per heavy atom. The predicted molar refractivity (Wildman–Crippen MR) is 126 cm³/mol. The van der Waals surface area contributed by atoms with Gasteiger partial charge in [0.1, 0.15) is 0 Å². The van der Waals surface area contributed by atoms with Gasteiger partial charge >= 0.3 is 0 Å². The number of methoxy groups -OCH3 is 1. The molecule has 0 aliphatic heterocycles. The molecular weight excluding hydrogens is 435 g/mol. The van der Waals surface area contributed by atoms with Gasteiger partial charge in [-0.25, -0.2) is 4.39 Å². The Morgan fingerprint density at radius 2 is 1.94 bits per heavy atom. The number of H-pyrrole nitrogens is 1. The van der Waals surface area contributed by atoms with Crippen LogP contribution in [0.3, 0.4) is 0 Å². The van der Waals surface area contributed by atoms with E-state index < -0.39 is 11.7 Å². The Hall–Kier alpha value is -3.78. The number of carbonyl (C=O) groups is 1. The summed E-state index contributed by atoms with van der Waals surface area (Å²) in [5.41, 5.74) is 3.53. The third-order valence-corrected chi connectivity index (χ3v) is 6.33. The maximum atomic E-state index is 14.2. The molecule has 5 rings (SSSR count). The van der Waals surface area contributed by atoms with Gasteiger partial charge in [-0.1, -0.05) is 18.2 Å². The monoisotopic (exact) mass is 460 g/mol. The van der Waals surface area contributed by atoms with E-state index in [2.05, 4.69) is 19.5 Å². The van der Waals surface area contributed by atoms with Gasteiger partial charge in [-0.2, -0.15) is 4.99 Å². The van der Waals surface area contributed by atoms with Crippen LogP contribution < -0.4 is 10.4 Å². The molecule has 0 bridgehead atoms. The van der Waals surface area contributed by atoms with Crippen LogP contribution in [-0.4, -0.2) is 38.8 Å². The largest absolute Gasteiger partial charge is 0.493 e. The van der Waals surface area contributed by atoms with Gasteiger partial charge in [0.2, 0.25) is 5.62 Å². The first kappa shape index (κ1) is 22.0.